The fraction of sp³-hybridized carbons (Fsp3) is 0.480. The average Bonchev–Trinajstić information content (AvgIpc) is 3.35. The Kier molecular flexibility index (Phi) is 7.79. The fourth-order valence-corrected chi connectivity index (χ4v) is 9.45. The highest BCUT2D eigenvalue weighted by molar-refractivity contribution is 8.18. The van der Waals surface area contributed by atoms with Crippen LogP contribution in [-0.2, 0) is 6.18 Å². The van der Waals surface area contributed by atoms with E-state index in [1.165, 1.54) is 0 Å². The van der Waals surface area contributed by atoms with Crippen LogP contribution in [0.4, 0.5) is 35.1 Å². The Labute approximate surface area is 235 Å². The van der Waals surface area contributed by atoms with Crippen LogP contribution >= 0.6 is 10.9 Å². The van der Waals surface area contributed by atoms with Crippen molar-refractivity contribution in [3.63, 3.8) is 0 Å². The van der Waals surface area contributed by atoms with Crippen LogP contribution in [0.1, 0.15) is 35.4 Å². The molecule has 2 aliphatic rings. The molecular weight excluding hydrogens is 604 g/mol. The molecule has 230 valence electrons. The lowest BCUT2D eigenvalue weighted by Gasteiger charge is -2.56. The Balaban J connectivity index is 1.52. The molecule has 1 aromatic carbocycles. The summed E-state index contributed by atoms with van der Waals surface area (Å²) in [4.78, 5) is 3.80. The first-order valence-electron chi connectivity index (χ1n) is 12.5. The molecule has 0 spiro atoms. The number of nitrogens with zero attached hydrogens (tertiary/aromatic N) is 4. The first kappa shape index (κ1) is 30.6. The minimum Gasteiger partial charge on any atom is -0.395 e. The van der Waals surface area contributed by atoms with Crippen LogP contribution < -0.4 is 0 Å². The van der Waals surface area contributed by atoms with E-state index in [-0.39, 0.29) is 11.3 Å². The summed E-state index contributed by atoms with van der Waals surface area (Å²) < 4.78 is 112. The molecule has 5 rings (SSSR count). The van der Waals surface area contributed by atoms with Gasteiger partial charge in [0.1, 0.15) is 11.7 Å². The van der Waals surface area contributed by atoms with Crippen molar-refractivity contribution in [3.05, 3.63) is 65.4 Å². The number of thiol groups is 1. The van der Waals surface area contributed by atoms with Gasteiger partial charge in [-0.05, 0) is 24.3 Å². The SMILES string of the molecule is OC[C@@H]1[C@H](O)[C@@H](n2cc(-c3cc(F)c(F)c(F)c3)nn2)[C@@H](O)C[SH]1[C@H](c1ncccc1C(F)(F)F)C1(O)CC(F)(F)C1. The Morgan fingerprint density at radius 1 is 1.10 bits per heavy atom. The van der Waals surface area contributed by atoms with Gasteiger partial charge in [-0.2, -0.15) is 13.2 Å². The van der Waals surface area contributed by atoms with Gasteiger partial charge in [0.2, 0.25) is 0 Å². The molecule has 1 saturated heterocycles. The van der Waals surface area contributed by atoms with E-state index in [4.69, 9.17) is 0 Å². The molecule has 0 bridgehead atoms. The van der Waals surface area contributed by atoms with Gasteiger partial charge in [-0.25, -0.2) is 37.5 Å². The average molecular weight is 629 g/mol. The van der Waals surface area contributed by atoms with E-state index in [0.717, 1.165) is 23.1 Å². The molecule has 1 aliphatic carbocycles. The number of aromatic nitrogens is 4. The summed E-state index contributed by atoms with van der Waals surface area (Å²) in [6, 6.07) is 1.54. The summed E-state index contributed by atoms with van der Waals surface area (Å²) in [5.41, 5.74) is -4.84. The van der Waals surface area contributed by atoms with Crippen LogP contribution in [-0.4, -0.2) is 81.7 Å². The van der Waals surface area contributed by atoms with Gasteiger partial charge < -0.3 is 20.4 Å². The van der Waals surface area contributed by atoms with E-state index in [9.17, 15) is 55.5 Å². The summed E-state index contributed by atoms with van der Waals surface area (Å²) in [6.45, 7) is -0.872. The predicted molar refractivity (Wildman–Crippen MR) is 132 cm³/mol. The van der Waals surface area contributed by atoms with Gasteiger partial charge in [0, 0.05) is 35.6 Å². The van der Waals surface area contributed by atoms with E-state index >= 15 is 0 Å². The largest absolute Gasteiger partial charge is 0.418 e. The second-order valence-electron chi connectivity index (χ2n) is 10.5. The molecule has 4 N–H and O–H groups in total. The summed E-state index contributed by atoms with van der Waals surface area (Å²) in [7, 11) is -2.27. The molecule has 3 aromatic rings. The summed E-state index contributed by atoms with van der Waals surface area (Å²) in [6.07, 6.45) is -8.67. The molecule has 2 aromatic heterocycles. The molecule has 8 nitrogen and oxygen atoms in total. The van der Waals surface area contributed by atoms with Gasteiger partial charge in [0.15, 0.2) is 17.5 Å². The van der Waals surface area contributed by atoms with Crippen molar-refractivity contribution in [2.45, 2.75) is 59.3 Å². The molecule has 1 unspecified atom stereocenters. The van der Waals surface area contributed by atoms with E-state index in [1.54, 1.807) is 0 Å². The van der Waals surface area contributed by atoms with Crippen LogP contribution in [0.15, 0.2) is 36.7 Å². The molecule has 3 heterocycles. The number of benzene rings is 1. The third-order valence-corrected chi connectivity index (χ3v) is 11.1. The molecular formula is C25H24F8N4O4S. The molecule has 42 heavy (non-hydrogen) atoms. The number of halogens is 8. The first-order chi connectivity index (χ1) is 19.6. The first-order valence-corrected chi connectivity index (χ1v) is 14.1. The lowest BCUT2D eigenvalue weighted by atomic mass is 9.73. The van der Waals surface area contributed by atoms with Gasteiger partial charge in [0.25, 0.3) is 5.92 Å². The van der Waals surface area contributed by atoms with Crippen LogP contribution in [0, 0.1) is 17.5 Å². The van der Waals surface area contributed by atoms with Gasteiger partial charge in [-0.3, -0.25) is 4.98 Å². The molecule has 1 aliphatic heterocycles. The van der Waals surface area contributed by atoms with Gasteiger partial charge in [-0.15, -0.1) is 5.10 Å². The zero-order valence-electron chi connectivity index (χ0n) is 21.2. The minimum absolute atomic E-state index is 0.187. The number of pyridine rings is 1. The molecule has 0 radical (unpaired) electrons. The summed E-state index contributed by atoms with van der Waals surface area (Å²) in [5, 5.41) is 48.3. The zero-order chi connectivity index (χ0) is 30.8. The van der Waals surface area contributed by atoms with E-state index in [0.29, 0.717) is 18.2 Å². The highest BCUT2D eigenvalue weighted by atomic mass is 32.2. The topological polar surface area (TPSA) is 125 Å². The molecule has 0 amide bonds. The van der Waals surface area contributed by atoms with Crippen LogP contribution in [0.5, 0.6) is 0 Å². The quantitative estimate of drug-likeness (QED) is 0.161. The van der Waals surface area contributed by atoms with Crippen molar-refractivity contribution in [2.75, 3.05) is 12.4 Å². The maximum Gasteiger partial charge on any atom is 0.418 e. The van der Waals surface area contributed by atoms with Crippen molar-refractivity contribution in [1.29, 1.82) is 0 Å². The highest BCUT2D eigenvalue weighted by Gasteiger charge is 2.63. The number of rotatable bonds is 6. The van der Waals surface area contributed by atoms with Crippen molar-refractivity contribution in [1.82, 2.24) is 20.0 Å². The van der Waals surface area contributed by atoms with Crippen molar-refractivity contribution < 1.29 is 55.5 Å². The van der Waals surface area contributed by atoms with Gasteiger partial charge in [-0.1, -0.05) is 5.21 Å². The van der Waals surface area contributed by atoms with E-state index < -0.39 is 111 Å². The van der Waals surface area contributed by atoms with Crippen LogP contribution in [0.25, 0.3) is 11.3 Å². The maximum atomic E-state index is 14.0. The second kappa shape index (κ2) is 10.7. The number of hydrogen-bond donors (Lipinski definition) is 5. The Morgan fingerprint density at radius 2 is 1.74 bits per heavy atom. The molecule has 2 fully saturated rings. The van der Waals surface area contributed by atoms with Crippen molar-refractivity contribution >= 4 is 10.9 Å². The molecule has 17 heteroatoms. The number of aliphatic hydroxyl groups excluding tert-OH is 3. The minimum atomic E-state index is -4.99. The molecule has 1 saturated carbocycles. The normalized spacial score (nSPS) is 28.7. The van der Waals surface area contributed by atoms with E-state index in [2.05, 4.69) is 15.3 Å². The maximum absolute atomic E-state index is 14.0. The standard InChI is InChI=1S/C25H24F8N4O4S/c26-13-4-11(5-14(27)18(13)28)15-6-37(36-35-15)20-16(39)8-42(17(7-38)21(20)40)22(23(41)9-24(29,30)10-23)19-12(25(31,32)33)2-1-3-34-19/h1-6,16-17,20-22,38-42H,7-10H2/t16-,17+,20-,21-,22+/m0/s1. The monoisotopic (exact) mass is 628 g/mol. The lowest BCUT2D eigenvalue weighted by Crippen LogP contribution is -2.59. The van der Waals surface area contributed by atoms with E-state index in [1.807, 2.05) is 0 Å². The number of alkyl halides is 5. The van der Waals surface area contributed by atoms with Crippen molar-refractivity contribution in [3.8, 4) is 11.3 Å². The number of hydrogen-bond acceptors (Lipinski definition) is 7. The number of aliphatic hydroxyl groups is 4. The Bertz CT molecular complexity index is 1440. The Morgan fingerprint density at radius 3 is 2.31 bits per heavy atom. The van der Waals surface area contributed by atoms with Crippen LogP contribution in [0.2, 0.25) is 0 Å². The zero-order valence-corrected chi connectivity index (χ0v) is 22.1. The fourth-order valence-electron chi connectivity index (χ4n) is 5.84. The smallest absolute Gasteiger partial charge is 0.395 e. The highest BCUT2D eigenvalue weighted by Crippen LogP contribution is 2.64. The molecule has 6 atom stereocenters. The predicted octanol–water partition coefficient (Wildman–Crippen LogP) is 3.32. The lowest BCUT2D eigenvalue weighted by molar-refractivity contribution is -0.206. The van der Waals surface area contributed by atoms with Gasteiger partial charge >= 0.3 is 6.18 Å². The summed E-state index contributed by atoms with van der Waals surface area (Å²) >= 11 is 0. The van der Waals surface area contributed by atoms with Gasteiger partial charge in [0.05, 0.1) is 47.1 Å². The third-order valence-electron chi connectivity index (χ3n) is 7.62. The Hall–Kier alpha value is -2.86. The van der Waals surface area contributed by atoms with Crippen LogP contribution in [0.3, 0.4) is 0 Å². The second-order valence-corrected chi connectivity index (χ2v) is 13.1. The third kappa shape index (κ3) is 5.36. The van der Waals surface area contributed by atoms with Crippen molar-refractivity contribution in [2.24, 2.45) is 0 Å². The summed E-state index contributed by atoms with van der Waals surface area (Å²) in [5.74, 6) is -8.56.